The van der Waals surface area contributed by atoms with Gasteiger partial charge in [-0.3, -0.25) is 4.90 Å². The summed E-state index contributed by atoms with van der Waals surface area (Å²) in [7, 11) is 0. The van der Waals surface area contributed by atoms with Gasteiger partial charge in [0.05, 0.1) is 11.6 Å². The third kappa shape index (κ3) is 4.14. The number of carbonyl (C=O) groups excluding carboxylic acids is 1. The first-order valence-corrected chi connectivity index (χ1v) is 9.36. The minimum atomic E-state index is -4.37. The highest BCUT2D eigenvalue weighted by molar-refractivity contribution is 5.76. The number of hydrogen-bond donors (Lipinski definition) is 0. The van der Waals surface area contributed by atoms with Crippen LogP contribution in [0.2, 0.25) is 0 Å². The van der Waals surface area contributed by atoms with Crippen LogP contribution in [0.25, 0.3) is 5.57 Å². The van der Waals surface area contributed by atoms with Crippen molar-refractivity contribution >= 4 is 11.7 Å². The average Bonchev–Trinajstić information content (AvgIpc) is 2.51. The fourth-order valence-electron chi connectivity index (χ4n) is 4.12. The van der Waals surface area contributed by atoms with E-state index in [9.17, 15) is 18.0 Å². The second-order valence-electron chi connectivity index (χ2n) is 8.41. The number of amides is 1. The van der Waals surface area contributed by atoms with Crippen LogP contribution >= 0.6 is 0 Å². The van der Waals surface area contributed by atoms with Crippen LogP contribution in [-0.2, 0) is 10.9 Å². The van der Waals surface area contributed by atoms with Gasteiger partial charge in [-0.05, 0) is 76.1 Å². The number of carbonyl (C=O) groups is 1. The van der Waals surface area contributed by atoms with E-state index in [1.165, 1.54) is 13.0 Å². The van der Waals surface area contributed by atoms with Crippen LogP contribution in [0.1, 0.15) is 63.1 Å². The molecule has 2 unspecified atom stereocenters. The molecule has 6 heteroatoms. The quantitative estimate of drug-likeness (QED) is 0.601. The van der Waals surface area contributed by atoms with Gasteiger partial charge in [-0.1, -0.05) is 18.2 Å². The van der Waals surface area contributed by atoms with Crippen LogP contribution in [-0.4, -0.2) is 28.7 Å². The van der Waals surface area contributed by atoms with Gasteiger partial charge in [-0.15, -0.1) is 0 Å². The van der Waals surface area contributed by atoms with E-state index >= 15 is 0 Å². The van der Waals surface area contributed by atoms with Crippen molar-refractivity contribution in [3.05, 3.63) is 41.0 Å². The standard InChI is InChI=1S/C21H26F3NO2/c1-13-17(9-6-10-18(13)21(22,23)24)14-11-15-7-5-8-16(12-14)25(15)19(26)27-20(2,3)4/h6,9-11,15-16H,5,7-8,12H2,1-4H3. The lowest BCUT2D eigenvalue weighted by atomic mass is 9.81. The maximum absolute atomic E-state index is 13.3. The Bertz CT molecular complexity index is 762. The van der Waals surface area contributed by atoms with Gasteiger partial charge in [0.15, 0.2) is 0 Å². The second-order valence-corrected chi connectivity index (χ2v) is 8.41. The summed E-state index contributed by atoms with van der Waals surface area (Å²) in [5, 5.41) is 0. The smallest absolute Gasteiger partial charge is 0.416 e. The number of ether oxygens (including phenoxy) is 1. The fraction of sp³-hybridized carbons (Fsp3) is 0.571. The molecular formula is C21H26F3NO2. The number of nitrogens with zero attached hydrogens (tertiary/aromatic N) is 1. The lowest BCUT2D eigenvalue weighted by molar-refractivity contribution is -0.138. The van der Waals surface area contributed by atoms with Crippen molar-refractivity contribution < 1.29 is 22.7 Å². The van der Waals surface area contributed by atoms with E-state index in [2.05, 4.69) is 0 Å². The summed E-state index contributed by atoms with van der Waals surface area (Å²) in [5.41, 5.74) is 0.604. The molecule has 2 atom stereocenters. The number of fused-ring (bicyclic) bond motifs is 2. The van der Waals surface area contributed by atoms with E-state index in [1.54, 1.807) is 11.0 Å². The molecular weight excluding hydrogens is 355 g/mol. The second kappa shape index (κ2) is 6.88. The molecule has 0 aliphatic carbocycles. The van der Waals surface area contributed by atoms with Crippen molar-refractivity contribution in [1.29, 1.82) is 0 Å². The zero-order chi connectivity index (χ0) is 20.0. The topological polar surface area (TPSA) is 29.5 Å². The normalized spacial score (nSPS) is 23.1. The molecule has 0 spiro atoms. The molecule has 0 saturated carbocycles. The van der Waals surface area contributed by atoms with E-state index < -0.39 is 17.3 Å². The maximum atomic E-state index is 13.3. The number of rotatable bonds is 1. The van der Waals surface area contributed by atoms with E-state index in [1.807, 2.05) is 26.8 Å². The fourth-order valence-corrected chi connectivity index (χ4v) is 4.12. The van der Waals surface area contributed by atoms with Crippen LogP contribution in [0.15, 0.2) is 24.3 Å². The van der Waals surface area contributed by atoms with Crippen molar-refractivity contribution in [2.45, 2.75) is 77.2 Å². The Kier molecular flexibility index (Phi) is 5.04. The van der Waals surface area contributed by atoms with Crippen LogP contribution in [0.4, 0.5) is 18.0 Å². The molecule has 148 valence electrons. The van der Waals surface area contributed by atoms with E-state index in [0.29, 0.717) is 12.0 Å². The predicted molar refractivity (Wildman–Crippen MR) is 98.3 cm³/mol. The highest BCUT2D eigenvalue weighted by Gasteiger charge is 2.40. The van der Waals surface area contributed by atoms with Crippen LogP contribution in [0.3, 0.4) is 0 Å². The highest BCUT2D eigenvalue weighted by Crippen LogP contribution is 2.41. The molecule has 3 rings (SSSR count). The lowest BCUT2D eigenvalue weighted by Gasteiger charge is -2.45. The van der Waals surface area contributed by atoms with Crippen molar-refractivity contribution in [2.75, 3.05) is 0 Å². The van der Waals surface area contributed by atoms with Gasteiger partial charge in [0.2, 0.25) is 0 Å². The number of piperidine rings is 1. The van der Waals surface area contributed by atoms with Gasteiger partial charge in [0.25, 0.3) is 0 Å². The summed E-state index contributed by atoms with van der Waals surface area (Å²) in [6.45, 7) is 7.02. The molecule has 3 nitrogen and oxygen atoms in total. The molecule has 1 saturated heterocycles. The Hall–Kier alpha value is -1.98. The molecule has 1 aromatic rings. The van der Waals surface area contributed by atoms with Gasteiger partial charge >= 0.3 is 12.3 Å². The summed E-state index contributed by atoms with van der Waals surface area (Å²) in [6, 6.07) is 4.16. The molecule has 0 radical (unpaired) electrons. The SMILES string of the molecule is Cc1c(C2=CC3CCCC(C2)N3C(=O)OC(C)(C)C)cccc1C(F)(F)F. The summed E-state index contributed by atoms with van der Waals surface area (Å²) in [5.74, 6) is 0. The first-order valence-electron chi connectivity index (χ1n) is 9.36. The van der Waals surface area contributed by atoms with E-state index in [0.717, 1.165) is 30.9 Å². The molecule has 2 bridgehead atoms. The van der Waals surface area contributed by atoms with Gasteiger partial charge in [0.1, 0.15) is 5.60 Å². The van der Waals surface area contributed by atoms with Gasteiger partial charge in [-0.2, -0.15) is 13.2 Å². The maximum Gasteiger partial charge on any atom is 0.416 e. The number of benzene rings is 1. The van der Waals surface area contributed by atoms with Crippen molar-refractivity contribution in [3.8, 4) is 0 Å². The minimum Gasteiger partial charge on any atom is -0.444 e. The molecule has 27 heavy (non-hydrogen) atoms. The zero-order valence-electron chi connectivity index (χ0n) is 16.2. The predicted octanol–water partition coefficient (Wildman–Crippen LogP) is 5.96. The number of halogens is 3. The van der Waals surface area contributed by atoms with Gasteiger partial charge < -0.3 is 4.74 Å². The molecule has 1 amide bonds. The molecule has 1 aromatic carbocycles. The van der Waals surface area contributed by atoms with E-state index in [-0.39, 0.29) is 23.7 Å². The first-order chi connectivity index (χ1) is 12.5. The summed E-state index contributed by atoms with van der Waals surface area (Å²) in [4.78, 5) is 14.4. The zero-order valence-corrected chi connectivity index (χ0v) is 16.2. The molecule has 2 aliphatic heterocycles. The third-order valence-corrected chi connectivity index (χ3v) is 5.23. The minimum absolute atomic E-state index is 0.0347. The molecule has 2 aliphatic rings. The Morgan fingerprint density at radius 1 is 1.19 bits per heavy atom. The highest BCUT2D eigenvalue weighted by atomic mass is 19.4. The van der Waals surface area contributed by atoms with E-state index in [4.69, 9.17) is 4.74 Å². The molecule has 0 N–H and O–H groups in total. The lowest BCUT2D eigenvalue weighted by Crippen LogP contribution is -2.53. The van der Waals surface area contributed by atoms with Crippen LogP contribution in [0.5, 0.6) is 0 Å². The third-order valence-electron chi connectivity index (χ3n) is 5.23. The number of hydrogen-bond acceptors (Lipinski definition) is 2. The Balaban J connectivity index is 1.94. The molecule has 2 heterocycles. The van der Waals surface area contributed by atoms with Gasteiger partial charge in [0, 0.05) is 6.04 Å². The molecule has 1 fully saturated rings. The Morgan fingerprint density at radius 2 is 1.89 bits per heavy atom. The van der Waals surface area contributed by atoms with Crippen molar-refractivity contribution in [1.82, 2.24) is 4.90 Å². The van der Waals surface area contributed by atoms with Crippen molar-refractivity contribution in [3.63, 3.8) is 0 Å². The Morgan fingerprint density at radius 3 is 2.48 bits per heavy atom. The average molecular weight is 381 g/mol. The summed E-state index contributed by atoms with van der Waals surface area (Å²) < 4.78 is 45.3. The monoisotopic (exact) mass is 381 g/mol. The van der Waals surface area contributed by atoms with Crippen LogP contribution in [0, 0.1) is 6.92 Å². The largest absolute Gasteiger partial charge is 0.444 e. The number of alkyl halides is 3. The molecule has 0 aromatic heterocycles. The van der Waals surface area contributed by atoms with Crippen molar-refractivity contribution in [2.24, 2.45) is 0 Å². The Labute approximate surface area is 158 Å². The summed E-state index contributed by atoms with van der Waals surface area (Å²) in [6.07, 6.45) is 0.448. The first kappa shape index (κ1) is 19.8. The van der Waals surface area contributed by atoms with Crippen LogP contribution < -0.4 is 0 Å². The summed E-state index contributed by atoms with van der Waals surface area (Å²) >= 11 is 0. The van der Waals surface area contributed by atoms with Gasteiger partial charge in [-0.25, -0.2) is 4.79 Å².